The molecule has 0 aliphatic heterocycles. The first-order valence-electron chi connectivity index (χ1n) is 22.4. The maximum Gasteiger partial charge on any atom is 0.160 e. The molecule has 0 N–H and O–H groups in total. The Bertz CT molecular complexity index is 3020. The van der Waals surface area contributed by atoms with Crippen LogP contribution in [-0.2, 0) is 11.8 Å². The van der Waals surface area contributed by atoms with Crippen LogP contribution in [0.3, 0.4) is 0 Å². The predicted octanol–water partition coefficient (Wildman–Crippen LogP) is 14.7. The van der Waals surface area contributed by atoms with Gasteiger partial charge in [-0.05, 0) is 101 Å². The Morgan fingerprint density at radius 1 is 0.403 bits per heavy atom. The van der Waals surface area contributed by atoms with Crippen molar-refractivity contribution in [1.82, 2.24) is 19.9 Å². The summed E-state index contributed by atoms with van der Waals surface area (Å²) in [4.78, 5) is 20.8. The molecule has 1 saturated carbocycles. The number of hydrogen-bond donors (Lipinski definition) is 0. The fraction of sp³-hybridized carbons (Fsp3) is 0.172. The second-order valence-electron chi connectivity index (χ2n) is 17.1. The van der Waals surface area contributed by atoms with Gasteiger partial charge in [-0.25, -0.2) is 19.9 Å². The van der Waals surface area contributed by atoms with Crippen LogP contribution in [0, 0.1) is 0 Å². The third-order valence-corrected chi connectivity index (χ3v) is 13.3. The van der Waals surface area contributed by atoms with Gasteiger partial charge >= 0.3 is 0 Å². The Hall–Kier alpha value is -7.04. The molecule has 62 heavy (non-hydrogen) atoms. The third kappa shape index (κ3) is 7.40. The molecule has 6 aromatic carbocycles. The van der Waals surface area contributed by atoms with Crippen molar-refractivity contribution in [3.05, 3.63) is 204 Å². The van der Waals surface area contributed by atoms with Crippen LogP contribution in [0.4, 0.5) is 0 Å². The summed E-state index contributed by atoms with van der Waals surface area (Å²) in [6.07, 6.45) is 21.4. The lowest BCUT2D eigenvalue weighted by Crippen LogP contribution is -2.30. The van der Waals surface area contributed by atoms with Gasteiger partial charge in [-0.15, -0.1) is 0 Å². The van der Waals surface area contributed by atoms with Crippen molar-refractivity contribution >= 4 is 22.4 Å². The van der Waals surface area contributed by atoms with Gasteiger partial charge in [-0.3, -0.25) is 0 Å². The molecule has 11 rings (SSSR count). The highest BCUT2D eigenvalue weighted by molar-refractivity contribution is 5.87. The molecule has 0 atom stereocenters. The first-order chi connectivity index (χ1) is 30.6. The van der Waals surface area contributed by atoms with Crippen molar-refractivity contribution in [2.75, 3.05) is 0 Å². The zero-order valence-electron chi connectivity index (χ0n) is 35.0. The third-order valence-electron chi connectivity index (χ3n) is 13.3. The number of nitrogens with zero attached hydrogens (tertiary/aromatic N) is 4. The van der Waals surface area contributed by atoms with E-state index in [4.69, 9.17) is 19.9 Å². The Kier molecular flexibility index (Phi) is 10.1. The fourth-order valence-corrected chi connectivity index (χ4v) is 9.87. The number of rotatable bonds is 8. The summed E-state index contributed by atoms with van der Waals surface area (Å²) in [6, 6.07) is 55.0. The van der Waals surface area contributed by atoms with E-state index in [1.807, 2.05) is 0 Å². The predicted molar refractivity (Wildman–Crippen MR) is 256 cm³/mol. The van der Waals surface area contributed by atoms with E-state index in [1.54, 1.807) is 0 Å². The van der Waals surface area contributed by atoms with Crippen molar-refractivity contribution in [1.29, 1.82) is 0 Å². The molecule has 4 heteroatoms. The van der Waals surface area contributed by atoms with E-state index in [2.05, 4.69) is 182 Å². The lowest BCUT2D eigenvalue weighted by atomic mass is 9.65. The Labute approximate surface area is 364 Å². The van der Waals surface area contributed by atoms with E-state index >= 15 is 0 Å². The maximum atomic E-state index is 5.22. The summed E-state index contributed by atoms with van der Waals surface area (Å²) in [5, 5.41) is 2.43. The molecule has 0 radical (unpaired) electrons. The number of fused-ring (bicyclic) bond motifs is 2. The highest BCUT2D eigenvalue weighted by atomic mass is 14.9. The van der Waals surface area contributed by atoms with Crippen LogP contribution in [0.25, 0.3) is 79.0 Å². The number of allylic oxidation sites excluding steroid dienone is 5. The molecule has 0 saturated heterocycles. The molecule has 0 amide bonds. The van der Waals surface area contributed by atoms with Crippen LogP contribution in [0.15, 0.2) is 176 Å². The Morgan fingerprint density at radius 3 is 1.68 bits per heavy atom. The molecule has 2 aromatic heterocycles. The highest BCUT2D eigenvalue weighted by Gasteiger charge is 2.36. The van der Waals surface area contributed by atoms with Gasteiger partial charge < -0.3 is 0 Å². The summed E-state index contributed by atoms with van der Waals surface area (Å²) in [6.45, 7) is 0. The molecular weight excluding hydrogens is 753 g/mol. The topological polar surface area (TPSA) is 51.6 Å². The first kappa shape index (κ1) is 37.9. The smallest absolute Gasteiger partial charge is 0.160 e. The molecular formula is C58H48N4. The van der Waals surface area contributed by atoms with E-state index in [1.165, 1.54) is 52.3 Å². The lowest BCUT2D eigenvalue weighted by molar-refractivity contribution is 0.346. The average Bonchev–Trinajstić information content (AvgIpc) is 3.36. The van der Waals surface area contributed by atoms with Crippen molar-refractivity contribution in [2.24, 2.45) is 0 Å². The van der Waals surface area contributed by atoms with E-state index < -0.39 is 0 Å². The van der Waals surface area contributed by atoms with E-state index in [-0.39, 0.29) is 5.41 Å². The van der Waals surface area contributed by atoms with E-state index in [9.17, 15) is 0 Å². The summed E-state index contributed by atoms with van der Waals surface area (Å²) in [5.41, 5.74) is 15.6. The lowest BCUT2D eigenvalue weighted by Gasteiger charge is -2.39. The summed E-state index contributed by atoms with van der Waals surface area (Å²) in [7, 11) is 0. The van der Waals surface area contributed by atoms with Crippen LogP contribution < -0.4 is 0 Å². The Balaban J connectivity index is 0.942. The minimum atomic E-state index is -0.0828. The zero-order chi connectivity index (χ0) is 41.3. The summed E-state index contributed by atoms with van der Waals surface area (Å²) < 4.78 is 0. The molecule has 1 fully saturated rings. The number of benzene rings is 6. The second kappa shape index (κ2) is 16.4. The average molecular weight is 801 g/mol. The van der Waals surface area contributed by atoms with Crippen LogP contribution in [-0.4, -0.2) is 19.9 Å². The minimum absolute atomic E-state index is 0.0828. The van der Waals surface area contributed by atoms with Gasteiger partial charge in [-0.1, -0.05) is 177 Å². The van der Waals surface area contributed by atoms with Crippen molar-refractivity contribution < 1.29 is 0 Å². The van der Waals surface area contributed by atoms with Crippen molar-refractivity contribution in [2.45, 2.75) is 63.2 Å². The zero-order valence-corrected chi connectivity index (χ0v) is 35.0. The second-order valence-corrected chi connectivity index (χ2v) is 17.1. The molecule has 0 bridgehead atoms. The van der Waals surface area contributed by atoms with Crippen LogP contribution >= 0.6 is 0 Å². The normalized spacial score (nSPS) is 15.6. The fourth-order valence-electron chi connectivity index (χ4n) is 9.87. The molecule has 4 nitrogen and oxygen atoms in total. The Morgan fingerprint density at radius 2 is 0.984 bits per heavy atom. The summed E-state index contributed by atoms with van der Waals surface area (Å²) >= 11 is 0. The molecule has 3 aliphatic carbocycles. The highest BCUT2D eigenvalue weighted by Crippen LogP contribution is 2.46. The number of aromatic nitrogens is 4. The van der Waals surface area contributed by atoms with Crippen LogP contribution in [0.5, 0.6) is 0 Å². The first-order valence-corrected chi connectivity index (χ1v) is 22.4. The molecule has 8 aromatic rings. The molecule has 300 valence electrons. The van der Waals surface area contributed by atoms with Crippen LogP contribution in [0.1, 0.15) is 79.3 Å². The molecule has 2 heterocycles. The maximum absolute atomic E-state index is 5.22. The van der Waals surface area contributed by atoms with E-state index in [0.717, 1.165) is 106 Å². The molecule has 3 aliphatic rings. The van der Waals surface area contributed by atoms with Crippen molar-refractivity contribution in [3.8, 4) is 56.5 Å². The number of hydrogen-bond acceptors (Lipinski definition) is 4. The van der Waals surface area contributed by atoms with Gasteiger partial charge in [0.25, 0.3) is 0 Å². The van der Waals surface area contributed by atoms with Gasteiger partial charge in [0, 0.05) is 33.2 Å². The largest absolute Gasteiger partial charge is 0.228 e. The SMILES string of the molecule is C1=CC(c2cc(-c3ccc4ccccc4c3)nc(-c3ccc(C4(c5ccc(-c6nc(-c7ccccc7)cc(-c7ccc8c(c7)C=CCC8)n6)cc5)CCCCC4)cc3)n2)=CCC1. The summed E-state index contributed by atoms with van der Waals surface area (Å²) in [5.74, 6) is 1.50. The quantitative estimate of drug-likeness (QED) is 0.154. The van der Waals surface area contributed by atoms with E-state index in [0.29, 0.717) is 0 Å². The monoisotopic (exact) mass is 800 g/mol. The minimum Gasteiger partial charge on any atom is -0.228 e. The molecule has 0 spiro atoms. The standard InChI is InChI=1S/C58H48N4/c1-4-16-42(17-5-1)52-38-54(48-24-22-40-14-8-10-20-46(40)36-48)61-56(59-52)44-26-30-50(31-27-44)58(34-12-3-13-35-58)51-32-28-45(29-33-51)57-60-53(43-18-6-2-7-19-43)39-55(62-57)49-25-23-41-15-9-11-21-47(41)37-49/h1,4-6,9-11,15-33,36-39H,2-3,7-8,12-14,34-35H2. The molecule has 0 unspecified atom stereocenters. The van der Waals surface area contributed by atoms with Gasteiger partial charge in [-0.2, -0.15) is 0 Å². The number of aryl methyl sites for hydroxylation is 1. The van der Waals surface area contributed by atoms with Gasteiger partial charge in [0.05, 0.1) is 22.8 Å². The van der Waals surface area contributed by atoms with Gasteiger partial charge in [0.2, 0.25) is 0 Å². The van der Waals surface area contributed by atoms with Crippen LogP contribution in [0.2, 0.25) is 0 Å². The van der Waals surface area contributed by atoms with Gasteiger partial charge in [0.15, 0.2) is 11.6 Å². The van der Waals surface area contributed by atoms with Crippen molar-refractivity contribution in [3.63, 3.8) is 0 Å². The van der Waals surface area contributed by atoms with Gasteiger partial charge in [0.1, 0.15) is 0 Å².